The molecule has 5 nitrogen and oxygen atoms in total. The number of ether oxygens (including phenoxy) is 1. The number of esters is 1. The maximum Gasteiger partial charge on any atom is 0.302 e. The number of aliphatic hydroxyl groups is 2. The van der Waals surface area contributed by atoms with Gasteiger partial charge < -0.3 is 14.9 Å². The zero-order valence-electron chi connectivity index (χ0n) is 10.8. The topological polar surface area (TPSA) is 83.8 Å². The van der Waals surface area contributed by atoms with Gasteiger partial charge in [-0.1, -0.05) is 36.9 Å². The number of carbonyl (C=O) groups is 2. The Hall–Kier alpha value is -1.98. The fourth-order valence-electron chi connectivity index (χ4n) is 0.987. The van der Waals surface area contributed by atoms with E-state index in [-0.39, 0.29) is 19.0 Å². The second kappa shape index (κ2) is 9.99. The first-order valence-electron chi connectivity index (χ1n) is 5.65. The van der Waals surface area contributed by atoms with E-state index in [9.17, 15) is 9.59 Å². The van der Waals surface area contributed by atoms with Crippen LogP contribution in [0.5, 0.6) is 0 Å². The maximum atomic E-state index is 10.9. The third kappa shape index (κ3) is 8.70. The number of rotatable bonds is 5. The minimum Gasteiger partial charge on any atom is -0.463 e. The monoisotopic (exact) mass is 266 g/mol. The van der Waals surface area contributed by atoms with Crippen molar-refractivity contribution >= 4 is 11.8 Å². The van der Waals surface area contributed by atoms with Gasteiger partial charge in [0.1, 0.15) is 12.7 Å². The maximum absolute atomic E-state index is 10.9. The number of hydrogen-bond donors (Lipinski definition) is 2. The first-order valence-corrected chi connectivity index (χ1v) is 5.65. The summed E-state index contributed by atoms with van der Waals surface area (Å²) in [7, 11) is 0. The van der Waals surface area contributed by atoms with Crippen molar-refractivity contribution in [3.63, 3.8) is 0 Å². The molecule has 0 saturated carbocycles. The molecule has 2 N–H and O–H groups in total. The van der Waals surface area contributed by atoms with Gasteiger partial charge in [-0.05, 0) is 6.08 Å². The van der Waals surface area contributed by atoms with Crippen LogP contribution in [0.3, 0.4) is 0 Å². The fraction of sp³-hybridized carbons (Fsp3) is 0.286. The zero-order chi connectivity index (χ0) is 14.7. The molecule has 1 aromatic rings. The van der Waals surface area contributed by atoms with Crippen LogP contribution in [0, 0.1) is 0 Å². The second-order valence-corrected chi connectivity index (χ2v) is 3.57. The molecule has 0 radical (unpaired) electrons. The van der Waals surface area contributed by atoms with Crippen molar-refractivity contribution < 1.29 is 24.5 Å². The Bertz CT molecular complexity index is 400. The SMILES string of the molecule is C=CC(=O)c1ccccc1.CC(=O)OCC(O)CO. The number of carbonyl (C=O) groups excluding carboxylic acids is 2. The summed E-state index contributed by atoms with van der Waals surface area (Å²) in [4.78, 5) is 20.9. The Balaban J connectivity index is 0.000000344. The summed E-state index contributed by atoms with van der Waals surface area (Å²) < 4.78 is 4.35. The Morgan fingerprint density at radius 1 is 1.37 bits per heavy atom. The molecule has 104 valence electrons. The molecule has 0 bridgehead atoms. The Labute approximate surface area is 112 Å². The lowest BCUT2D eigenvalue weighted by Gasteiger charge is -2.05. The molecule has 0 aliphatic carbocycles. The highest BCUT2D eigenvalue weighted by molar-refractivity contribution is 6.04. The van der Waals surface area contributed by atoms with Crippen LogP contribution in [-0.2, 0) is 9.53 Å². The third-order valence-electron chi connectivity index (χ3n) is 1.93. The van der Waals surface area contributed by atoms with Gasteiger partial charge in [0, 0.05) is 12.5 Å². The lowest BCUT2D eigenvalue weighted by atomic mass is 10.1. The summed E-state index contributed by atoms with van der Waals surface area (Å²) >= 11 is 0. The van der Waals surface area contributed by atoms with Gasteiger partial charge in [-0.2, -0.15) is 0 Å². The number of ketones is 1. The zero-order valence-corrected chi connectivity index (χ0v) is 10.8. The third-order valence-corrected chi connectivity index (χ3v) is 1.93. The standard InChI is InChI=1S/C9H8O.C5H10O4/c1-2-9(10)8-6-4-3-5-7-8;1-4(7)9-3-5(8)2-6/h2-7H,1H2;5-6,8H,2-3H2,1H3. The predicted molar refractivity (Wildman–Crippen MR) is 70.7 cm³/mol. The van der Waals surface area contributed by atoms with Gasteiger partial charge in [0.2, 0.25) is 0 Å². The molecule has 0 aliphatic rings. The molecule has 1 unspecified atom stereocenters. The minimum atomic E-state index is -0.950. The smallest absolute Gasteiger partial charge is 0.302 e. The molecule has 5 heteroatoms. The summed E-state index contributed by atoms with van der Waals surface area (Å²) in [6.07, 6.45) is 0.365. The molecule has 19 heavy (non-hydrogen) atoms. The normalized spacial score (nSPS) is 10.7. The molecule has 1 atom stereocenters. The van der Waals surface area contributed by atoms with Crippen LogP contribution < -0.4 is 0 Å². The van der Waals surface area contributed by atoms with E-state index in [0.29, 0.717) is 5.56 Å². The van der Waals surface area contributed by atoms with E-state index in [0.717, 1.165) is 0 Å². The van der Waals surface area contributed by atoms with Crippen molar-refractivity contribution in [3.8, 4) is 0 Å². The van der Waals surface area contributed by atoms with Crippen molar-refractivity contribution in [1.29, 1.82) is 0 Å². The van der Waals surface area contributed by atoms with Gasteiger partial charge >= 0.3 is 5.97 Å². The fourth-order valence-corrected chi connectivity index (χ4v) is 0.987. The van der Waals surface area contributed by atoms with E-state index in [1.165, 1.54) is 13.0 Å². The lowest BCUT2D eigenvalue weighted by molar-refractivity contribution is -0.144. The van der Waals surface area contributed by atoms with Crippen molar-refractivity contribution in [2.24, 2.45) is 0 Å². The molecule has 1 aromatic carbocycles. The molecular weight excluding hydrogens is 248 g/mol. The lowest BCUT2D eigenvalue weighted by Crippen LogP contribution is -2.20. The van der Waals surface area contributed by atoms with E-state index >= 15 is 0 Å². The van der Waals surface area contributed by atoms with Crippen LogP contribution in [0.2, 0.25) is 0 Å². The molecule has 0 aromatic heterocycles. The van der Waals surface area contributed by atoms with E-state index in [1.54, 1.807) is 12.1 Å². The minimum absolute atomic E-state index is 0.0272. The van der Waals surface area contributed by atoms with Crippen molar-refractivity contribution in [3.05, 3.63) is 48.6 Å². The van der Waals surface area contributed by atoms with E-state index in [1.807, 2.05) is 18.2 Å². The molecule has 0 heterocycles. The molecule has 0 fully saturated rings. The highest BCUT2D eigenvalue weighted by Crippen LogP contribution is 1.99. The van der Waals surface area contributed by atoms with Crippen LogP contribution in [0.25, 0.3) is 0 Å². The Morgan fingerprint density at radius 2 is 1.95 bits per heavy atom. The highest BCUT2D eigenvalue weighted by Gasteiger charge is 2.02. The Kier molecular flexibility index (Phi) is 8.95. The highest BCUT2D eigenvalue weighted by atomic mass is 16.5. The van der Waals surface area contributed by atoms with E-state index in [4.69, 9.17) is 10.2 Å². The largest absolute Gasteiger partial charge is 0.463 e. The summed E-state index contributed by atoms with van der Waals surface area (Å²) in [6, 6.07) is 9.07. The molecule has 0 amide bonds. The second-order valence-electron chi connectivity index (χ2n) is 3.57. The first-order chi connectivity index (χ1) is 9.01. The molecule has 0 spiro atoms. The van der Waals surface area contributed by atoms with Crippen LogP contribution in [0.15, 0.2) is 43.0 Å². The predicted octanol–water partition coefficient (Wildman–Crippen LogP) is 0.958. The quantitative estimate of drug-likeness (QED) is 0.471. The van der Waals surface area contributed by atoms with Gasteiger partial charge in [-0.25, -0.2) is 0 Å². The molecule has 0 aliphatic heterocycles. The van der Waals surface area contributed by atoms with Crippen LogP contribution in [0.1, 0.15) is 17.3 Å². The van der Waals surface area contributed by atoms with E-state index in [2.05, 4.69) is 11.3 Å². The number of aliphatic hydroxyl groups excluding tert-OH is 2. The molecular formula is C14H18O5. The molecule has 0 saturated heterocycles. The number of hydrogen-bond acceptors (Lipinski definition) is 5. The van der Waals surface area contributed by atoms with Crippen LogP contribution in [0.4, 0.5) is 0 Å². The van der Waals surface area contributed by atoms with Gasteiger partial charge in [0.25, 0.3) is 0 Å². The van der Waals surface area contributed by atoms with Gasteiger partial charge in [0.05, 0.1) is 6.61 Å². The molecule has 1 rings (SSSR count). The van der Waals surface area contributed by atoms with Gasteiger partial charge in [-0.3, -0.25) is 9.59 Å². The van der Waals surface area contributed by atoms with Crippen LogP contribution in [-0.4, -0.2) is 41.3 Å². The van der Waals surface area contributed by atoms with Crippen LogP contribution >= 0.6 is 0 Å². The first kappa shape index (κ1) is 17.0. The summed E-state index contributed by atoms with van der Waals surface area (Å²) in [5.41, 5.74) is 0.692. The van der Waals surface area contributed by atoms with Crippen molar-refractivity contribution in [2.75, 3.05) is 13.2 Å². The Morgan fingerprint density at radius 3 is 2.37 bits per heavy atom. The van der Waals surface area contributed by atoms with Crippen molar-refractivity contribution in [2.45, 2.75) is 13.0 Å². The number of allylic oxidation sites excluding steroid dienone is 1. The summed E-state index contributed by atoms with van der Waals surface area (Å²) in [5, 5.41) is 16.8. The van der Waals surface area contributed by atoms with Gasteiger partial charge in [0.15, 0.2) is 5.78 Å². The van der Waals surface area contributed by atoms with E-state index < -0.39 is 12.1 Å². The average molecular weight is 266 g/mol. The summed E-state index contributed by atoms with van der Waals surface area (Å²) in [6.45, 7) is 4.11. The number of benzene rings is 1. The summed E-state index contributed by atoms with van der Waals surface area (Å²) in [5.74, 6) is -0.483. The van der Waals surface area contributed by atoms with Gasteiger partial charge in [-0.15, -0.1) is 0 Å². The average Bonchev–Trinajstić information content (AvgIpc) is 2.45. The van der Waals surface area contributed by atoms with Crippen molar-refractivity contribution in [1.82, 2.24) is 0 Å².